The summed E-state index contributed by atoms with van der Waals surface area (Å²) in [5, 5.41) is 9.67. The molecule has 0 radical (unpaired) electrons. The van der Waals surface area contributed by atoms with Gasteiger partial charge in [-0.25, -0.2) is 4.39 Å². The number of halogens is 1. The average molecular weight is 275 g/mol. The van der Waals surface area contributed by atoms with E-state index >= 15 is 0 Å². The summed E-state index contributed by atoms with van der Waals surface area (Å²) in [5.41, 5.74) is 3.19. The molecule has 0 spiro atoms. The minimum atomic E-state index is -0.294. The lowest BCUT2D eigenvalue weighted by atomic mass is 10.1. The number of benzene rings is 1. The molecule has 1 heterocycles. The highest BCUT2D eigenvalue weighted by atomic mass is 19.1. The van der Waals surface area contributed by atoms with Gasteiger partial charge in [0.25, 0.3) is 5.91 Å². The molecule has 0 saturated carbocycles. The van der Waals surface area contributed by atoms with Gasteiger partial charge in [0.05, 0.1) is 6.20 Å². The number of H-pyrrole nitrogens is 1. The standard InChI is InChI=1S/C15H18FN3O/c1-10-8-12(5-6-14(10)16)15(20)17-7-3-4-13-9-18-19-11(13)2/h5-6,8-9H,3-4,7H2,1-2H3,(H,17,20)(H,18,19). The highest BCUT2D eigenvalue weighted by Gasteiger charge is 2.07. The molecular weight excluding hydrogens is 257 g/mol. The van der Waals surface area contributed by atoms with Gasteiger partial charge in [0.1, 0.15) is 5.82 Å². The molecule has 5 heteroatoms. The van der Waals surface area contributed by atoms with Gasteiger partial charge in [-0.15, -0.1) is 0 Å². The summed E-state index contributed by atoms with van der Waals surface area (Å²) < 4.78 is 13.1. The number of nitrogens with one attached hydrogen (secondary N) is 2. The fourth-order valence-corrected chi connectivity index (χ4v) is 2.00. The van der Waals surface area contributed by atoms with Gasteiger partial charge in [0, 0.05) is 17.8 Å². The van der Waals surface area contributed by atoms with Crippen LogP contribution < -0.4 is 5.32 Å². The Balaban J connectivity index is 1.80. The van der Waals surface area contributed by atoms with Crippen molar-refractivity contribution in [2.24, 2.45) is 0 Å². The number of rotatable bonds is 5. The summed E-state index contributed by atoms with van der Waals surface area (Å²) in [4.78, 5) is 11.9. The molecule has 4 nitrogen and oxygen atoms in total. The van der Waals surface area contributed by atoms with E-state index in [4.69, 9.17) is 0 Å². The van der Waals surface area contributed by atoms with Gasteiger partial charge in [-0.2, -0.15) is 5.10 Å². The Kier molecular flexibility index (Phi) is 4.50. The summed E-state index contributed by atoms with van der Waals surface area (Å²) in [5.74, 6) is -0.464. The molecule has 1 amide bonds. The van der Waals surface area contributed by atoms with Crippen LogP contribution in [0.4, 0.5) is 4.39 Å². The minimum Gasteiger partial charge on any atom is -0.352 e. The molecule has 0 bridgehead atoms. The highest BCUT2D eigenvalue weighted by Crippen LogP contribution is 2.09. The third-order valence-electron chi connectivity index (χ3n) is 3.26. The second kappa shape index (κ2) is 6.32. The van der Waals surface area contributed by atoms with Crippen molar-refractivity contribution in [2.75, 3.05) is 6.54 Å². The van der Waals surface area contributed by atoms with Gasteiger partial charge in [-0.3, -0.25) is 9.89 Å². The van der Waals surface area contributed by atoms with E-state index in [-0.39, 0.29) is 11.7 Å². The molecule has 0 fully saturated rings. The van der Waals surface area contributed by atoms with Crippen LogP contribution in [0.25, 0.3) is 0 Å². The van der Waals surface area contributed by atoms with Crippen molar-refractivity contribution in [2.45, 2.75) is 26.7 Å². The zero-order valence-corrected chi connectivity index (χ0v) is 11.7. The number of aromatic nitrogens is 2. The first kappa shape index (κ1) is 14.2. The third kappa shape index (κ3) is 3.44. The van der Waals surface area contributed by atoms with Gasteiger partial charge in [0.15, 0.2) is 0 Å². The number of hydrogen-bond acceptors (Lipinski definition) is 2. The lowest BCUT2D eigenvalue weighted by molar-refractivity contribution is 0.0953. The maximum atomic E-state index is 13.1. The molecule has 0 aliphatic carbocycles. The Bertz CT molecular complexity index is 607. The van der Waals surface area contributed by atoms with Crippen molar-refractivity contribution in [3.8, 4) is 0 Å². The van der Waals surface area contributed by atoms with Crippen molar-refractivity contribution >= 4 is 5.91 Å². The Morgan fingerprint density at radius 3 is 2.85 bits per heavy atom. The van der Waals surface area contributed by atoms with Crippen LogP contribution in [0.15, 0.2) is 24.4 Å². The molecule has 106 valence electrons. The van der Waals surface area contributed by atoms with Crippen LogP contribution in [-0.2, 0) is 6.42 Å². The van der Waals surface area contributed by atoms with Crippen LogP contribution in [0, 0.1) is 19.7 Å². The highest BCUT2D eigenvalue weighted by molar-refractivity contribution is 5.94. The first-order chi connectivity index (χ1) is 9.58. The minimum absolute atomic E-state index is 0.169. The second-order valence-corrected chi connectivity index (χ2v) is 4.84. The van der Waals surface area contributed by atoms with Crippen molar-refractivity contribution in [1.29, 1.82) is 0 Å². The molecule has 2 rings (SSSR count). The summed E-state index contributed by atoms with van der Waals surface area (Å²) in [7, 11) is 0. The van der Waals surface area contributed by atoms with E-state index < -0.39 is 0 Å². The molecular formula is C15H18FN3O. The zero-order valence-electron chi connectivity index (χ0n) is 11.7. The van der Waals surface area contributed by atoms with E-state index in [0.29, 0.717) is 17.7 Å². The number of nitrogens with zero attached hydrogens (tertiary/aromatic N) is 1. The molecule has 1 aromatic carbocycles. The summed E-state index contributed by atoms with van der Waals surface area (Å²) in [6.45, 7) is 4.20. The smallest absolute Gasteiger partial charge is 0.251 e. The van der Waals surface area contributed by atoms with Crippen molar-refractivity contribution in [3.05, 3.63) is 52.6 Å². The maximum Gasteiger partial charge on any atom is 0.251 e. The second-order valence-electron chi connectivity index (χ2n) is 4.84. The van der Waals surface area contributed by atoms with E-state index in [2.05, 4.69) is 15.5 Å². The quantitative estimate of drug-likeness (QED) is 0.824. The largest absolute Gasteiger partial charge is 0.352 e. The van der Waals surface area contributed by atoms with Crippen LogP contribution in [-0.4, -0.2) is 22.6 Å². The van der Waals surface area contributed by atoms with Crippen LogP contribution in [0.1, 0.15) is 33.6 Å². The molecule has 0 aliphatic heterocycles. The lowest BCUT2D eigenvalue weighted by Gasteiger charge is -2.06. The molecule has 2 aromatic rings. The van der Waals surface area contributed by atoms with E-state index in [1.165, 1.54) is 12.1 Å². The predicted molar refractivity (Wildman–Crippen MR) is 75.1 cm³/mol. The number of hydrogen-bond donors (Lipinski definition) is 2. The predicted octanol–water partition coefficient (Wildman–Crippen LogP) is 2.53. The number of aromatic amines is 1. The first-order valence-corrected chi connectivity index (χ1v) is 6.61. The van der Waals surface area contributed by atoms with E-state index in [1.54, 1.807) is 19.2 Å². The Morgan fingerprint density at radius 1 is 1.40 bits per heavy atom. The van der Waals surface area contributed by atoms with Crippen LogP contribution in [0.3, 0.4) is 0 Å². The van der Waals surface area contributed by atoms with Crippen LogP contribution >= 0.6 is 0 Å². The topological polar surface area (TPSA) is 57.8 Å². The van der Waals surface area contributed by atoms with E-state index in [9.17, 15) is 9.18 Å². The monoisotopic (exact) mass is 275 g/mol. The Labute approximate surface area is 117 Å². The molecule has 0 aliphatic rings. The van der Waals surface area contributed by atoms with E-state index in [1.807, 2.05) is 6.92 Å². The van der Waals surface area contributed by atoms with Gasteiger partial charge in [0.2, 0.25) is 0 Å². The maximum absolute atomic E-state index is 13.1. The van der Waals surface area contributed by atoms with Crippen molar-refractivity contribution in [3.63, 3.8) is 0 Å². The van der Waals surface area contributed by atoms with Crippen LogP contribution in [0.5, 0.6) is 0 Å². The summed E-state index contributed by atoms with van der Waals surface area (Å²) in [6.07, 6.45) is 3.51. The Morgan fingerprint density at radius 2 is 2.20 bits per heavy atom. The summed E-state index contributed by atoms with van der Waals surface area (Å²) in [6, 6.07) is 4.38. The van der Waals surface area contributed by atoms with Gasteiger partial charge in [-0.1, -0.05) is 0 Å². The number of aryl methyl sites for hydroxylation is 3. The van der Waals surface area contributed by atoms with Gasteiger partial charge in [-0.05, 0) is 56.0 Å². The third-order valence-corrected chi connectivity index (χ3v) is 3.26. The molecule has 0 saturated heterocycles. The molecule has 2 N–H and O–H groups in total. The molecule has 1 aromatic heterocycles. The average Bonchev–Trinajstić information content (AvgIpc) is 2.83. The van der Waals surface area contributed by atoms with Gasteiger partial charge >= 0.3 is 0 Å². The molecule has 20 heavy (non-hydrogen) atoms. The number of amides is 1. The Hall–Kier alpha value is -2.17. The van der Waals surface area contributed by atoms with Gasteiger partial charge < -0.3 is 5.32 Å². The fraction of sp³-hybridized carbons (Fsp3) is 0.333. The first-order valence-electron chi connectivity index (χ1n) is 6.61. The normalized spacial score (nSPS) is 10.6. The molecule has 0 unspecified atom stereocenters. The SMILES string of the molecule is Cc1cc(C(=O)NCCCc2cn[nH]c2C)ccc1F. The van der Waals surface area contributed by atoms with Crippen molar-refractivity contribution in [1.82, 2.24) is 15.5 Å². The number of carbonyl (C=O) groups excluding carboxylic acids is 1. The summed E-state index contributed by atoms with van der Waals surface area (Å²) >= 11 is 0. The van der Waals surface area contributed by atoms with Crippen LogP contribution in [0.2, 0.25) is 0 Å². The lowest BCUT2D eigenvalue weighted by Crippen LogP contribution is -2.24. The molecule has 0 atom stereocenters. The number of carbonyl (C=O) groups is 1. The van der Waals surface area contributed by atoms with Crippen molar-refractivity contribution < 1.29 is 9.18 Å². The fourth-order valence-electron chi connectivity index (χ4n) is 2.00. The van der Waals surface area contributed by atoms with E-state index in [0.717, 1.165) is 24.1 Å². The zero-order chi connectivity index (χ0) is 14.5.